The Balaban J connectivity index is 1.49. The van der Waals surface area contributed by atoms with Crippen LogP contribution in [0.25, 0.3) is 11.5 Å². The third kappa shape index (κ3) is 2.76. The van der Waals surface area contributed by atoms with Gasteiger partial charge in [0.2, 0.25) is 6.79 Å². The lowest BCUT2D eigenvalue weighted by Crippen LogP contribution is -2.17. The van der Waals surface area contributed by atoms with Gasteiger partial charge in [0.05, 0.1) is 5.56 Å². The third-order valence-electron chi connectivity index (χ3n) is 3.77. The van der Waals surface area contributed by atoms with E-state index < -0.39 is 0 Å². The van der Waals surface area contributed by atoms with Gasteiger partial charge < -0.3 is 18.9 Å². The largest absolute Gasteiger partial charge is 0.454 e. The van der Waals surface area contributed by atoms with Crippen LogP contribution in [0.1, 0.15) is 11.4 Å². The van der Waals surface area contributed by atoms with Gasteiger partial charge in [0, 0.05) is 19.8 Å². The second kappa shape index (κ2) is 5.84. The minimum absolute atomic E-state index is 0.285. The molecule has 0 radical (unpaired) electrons. The molecule has 0 saturated heterocycles. The first kappa shape index (κ1) is 14.5. The van der Waals surface area contributed by atoms with E-state index in [9.17, 15) is 0 Å². The lowest BCUT2D eigenvalue weighted by atomic mass is 10.2. The molecule has 3 heterocycles. The molecule has 0 bridgehead atoms. The quantitative estimate of drug-likeness (QED) is 0.730. The number of pyridine rings is 1. The molecule has 0 aliphatic carbocycles. The van der Waals surface area contributed by atoms with Crippen LogP contribution in [0, 0.1) is 6.92 Å². The summed E-state index contributed by atoms with van der Waals surface area (Å²) in [7, 11) is 1.99. The van der Waals surface area contributed by atoms with Gasteiger partial charge in [-0.2, -0.15) is 4.98 Å². The smallest absolute Gasteiger partial charge is 0.259 e. The zero-order chi connectivity index (χ0) is 16.5. The zero-order valence-electron chi connectivity index (χ0n) is 13.4. The molecule has 0 spiro atoms. The molecule has 7 heteroatoms. The molecule has 0 amide bonds. The molecule has 0 unspecified atom stereocenters. The SMILES string of the molecule is Cc1noc(-c2ccc(N(C)Cc3ccc4c(c3)OCO4)nc2)n1. The molecule has 122 valence electrons. The van der Waals surface area contributed by atoms with Crippen molar-refractivity contribution < 1.29 is 14.0 Å². The Hall–Kier alpha value is -3.09. The van der Waals surface area contributed by atoms with Gasteiger partial charge >= 0.3 is 0 Å². The second-order valence-electron chi connectivity index (χ2n) is 5.60. The molecule has 0 saturated carbocycles. The first-order chi connectivity index (χ1) is 11.7. The Morgan fingerprint density at radius 2 is 2.00 bits per heavy atom. The summed E-state index contributed by atoms with van der Waals surface area (Å²) in [6, 6.07) is 9.81. The summed E-state index contributed by atoms with van der Waals surface area (Å²) < 4.78 is 15.9. The highest BCUT2D eigenvalue weighted by molar-refractivity contribution is 5.55. The number of ether oxygens (including phenoxy) is 2. The fourth-order valence-electron chi connectivity index (χ4n) is 2.55. The number of nitrogens with zero attached hydrogens (tertiary/aromatic N) is 4. The molecular formula is C17H16N4O3. The first-order valence-electron chi connectivity index (χ1n) is 7.55. The molecule has 0 atom stereocenters. The fourth-order valence-corrected chi connectivity index (χ4v) is 2.55. The van der Waals surface area contributed by atoms with Crippen LogP contribution in [-0.4, -0.2) is 29.0 Å². The van der Waals surface area contributed by atoms with E-state index in [1.807, 2.05) is 37.4 Å². The van der Waals surface area contributed by atoms with Crippen molar-refractivity contribution in [1.29, 1.82) is 0 Å². The van der Waals surface area contributed by atoms with Gasteiger partial charge in [-0.1, -0.05) is 11.2 Å². The van der Waals surface area contributed by atoms with Gasteiger partial charge in [-0.05, 0) is 36.8 Å². The van der Waals surface area contributed by atoms with Crippen molar-refractivity contribution in [2.45, 2.75) is 13.5 Å². The van der Waals surface area contributed by atoms with Crippen molar-refractivity contribution in [3.8, 4) is 23.0 Å². The summed E-state index contributed by atoms with van der Waals surface area (Å²) >= 11 is 0. The van der Waals surface area contributed by atoms with E-state index in [0.717, 1.165) is 28.4 Å². The van der Waals surface area contributed by atoms with Crippen molar-refractivity contribution in [3.05, 3.63) is 47.9 Å². The van der Waals surface area contributed by atoms with Crippen LogP contribution in [0.5, 0.6) is 11.5 Å². The second-order valence-corrected chi connectivity index (χ2v) is 5.60. The number of aromatic nitrogens is 3. The molecule has 7 nitrogen and oxygen atoms in total. The molecular weight excluding hydrogens is 308 g/mol. The van der Waals surface area contributed by atoms with E-state index >= 15 is 0 Å². The predicted molar refractivity (Wildman–Crippen MR) is 86.9 cm³/mol. The number of hydrogen-bond acceptors (Lipinski definition) is 7. The van der Waals surface area contributed by atoms with Crippen LogP contribution in [0.3, 0.4) is 0 Å². The summed E-state index contributed by atoms with van der Waals surface area (Å²) in [5.41, 5.74) is 1.93. The lowest BCUT2D eigenvalue weighted by molar-refractivity contribution is 0.174. The van der Waals surface area contributed by atoms with Gasteiger partial charge in [0.1, 0.15) is 5.82 Å². The van der Waals surface area contributed by atoms with Crippen LogP contribution < -0.4 is 14.4 Å². The van der Waals surface area contributed by atoms with Gasteiger partial charge in [-0.3, -0.25) is 0 Å². The molecule has 2 aromatic heterocycles. The zero-order valence-corrected chi connectivity index (χ0v) is 13.4. The van der Waals surface area contributed by atoms with Crippen molar-refractivity contribution in [1.82, 2.24) is 15.1 Å². The highest BCUT2D eigenvalue weighted by Crippen LogP contribution is 2.33. The highest BCUT2D eigenvalue weighted by atomic mass is 16.7. The Labute approximate surface area is 138 Å². The van der Waals surface area contributed by atoms with Crippen molar-refractivity contribution in [2.75, 3.05) is 18.7 Å². The Kier molecular flexibility index (Phi) is 3.53. The third-order valence-corrected chi connectivity index (χ3v) is 3.77. The number of fused-ring (bicyclic) bond motifs is 1. The molecule has 0 N–H and O–H groups in total. The normalized spacial score (nSPS) is 12.4. The number of anilines is 1. The molecule has 3 aromatic rings. The van der Waals surface area contributed by atoms with E-state index in [-0.39, 0.29) is 6.79 Å². The highest BCUT2D eigenvalue weighted by Gasteiger charge is 2.14. The average Bonchev–Trinajstić information content (AvgIpc) is 3.23. The van der Waals surface area contributed by atoms with Crippen molar-refractivity contribution >= 4 is 5.82 Å². The van der Waals surface area contributed by atoms with Crippen LogP contribution in [-0.2, 0) is 6.54 Å². The maximum atomic E-state index is 5.41. The van der Waals surface area contributed by atoms with E-state index in [2.05, 4.69) is 20.0 Å². The Morgan fingerprint density at radius 3 is 2.75 bits per heavy atom. The van der Waals surface area contributed by atoms with Crippen LogP contribution in [0.15, 0.2) is 41.1 Å². The van der Waals surface area contributed by atoms with Crippen LogP contribution >= 0.6 is 0 Å². The van der Waals surface area contributed by atoms with Gasteiger partial charge in [-0.15, -0.1) is 0 Å². The monoisotopic (exact) mass is 324 g/mol. The van der Waals surface area contributed by atoms with E-state index in [1.165, 1.54) is 0 Å². The van der Waals surface area contributed by atoms with Crippen molar-refractivity contribution in [3.63, 3.8) is 0 Å². The van der Waals surface area contributed by atoms with E-state index in [0.29, 0.717) is 18.3 Å². The molecule has 1 aromatic carbocycles. The summed E-state index contributed by atoms with van der Waals surface area (Å²) in [6.07, 6.45) is 1.73. The lowest BCUT2D eigenvalue weighted by Gasteiger charge is -2.18. The van der Waals surface area contributed by atoms with Gasteiger partial charge in [-0.25, -0.2) is 4.98 Å². The van der Waals surface area contributed by atoms with Crippen molar-refractivity contribution in [2.24, 2.45) is 0 Å². The number of benzene rings is 1. The van der Waals surface area contributed by atoms with Gasteiger partial charge in [0.25, 0.3) is 5.89 Å². The maximum absolute atomic E-state index is 5.41. The predicted octanol–water partition coefficient (Wildman–Crippen LogP) is 2.81. The molecule has 1 aliphatic rings. The topological polar surface area (TPSA) is 73.5 Å². The number of rotatable bonds is 4. The molecule has 0 fully saturated rings. The van der Waals surface area contributed by atoms with Crippen LogP contribution in [0.4, 0.5) is 5.82 Å². The standard InChI is InChI=1S/C17H16N4O3/c1-11-19-17(24-20-11)13-4-6-16(18-8-13)21(2)9-12-3-5-14-15(7-12)23-10-22-14/h3-8H,9-10H2,1-2H3. The number of hydrogen-bond donors (Lipinski definition) is 0. The minimum atomic E-state index is 0.285. The minimum Gasteiger partial charge on any atom is -0.454 e. The van der Waals surface area contributed by atoms with Gasteiger partial charge in [0.15, 0.2) is 17.3 Å². The molecule has 24 heavy (non-hydrogen) atoms. The maximum Gasteiger partial charge on any atom is 0.259 e. The summed E-state index contributed by atoms with van der Waals surface area (Å²) in [4.78, 5) is 10.7. The van der Waals surface area contributed by atoms with Crippen LogP contribution in [0.2, 0.25) is 0 Å². The summed E-state index contributed by atoms with van der Waals surface area (Å²) in [5.74, 6) is 3.52. The Bertz CT molecular complexity index is 861. The summed E-state index contributed by atoms with van der Waals surface area (Å²) in [5, 5.41) is 3.79. The summed E-state index contributed by atoms with van der Waals surface area (Å²) in [6.45, 7) is 2.78. The molecule has 1 aliphatic heterocycles. The molecule has 4 rings (SSSR count). The fraction of sp³-hybridized carbons (Fsp3) is 0.235. The van der Waals surface area contributed by atoms with E-state index in [1.54, 1.807) is 13.1 Å². The average molecular weight is 324 g/mol. The van der Waals surface area contributed by atoms with E-state index in [4.69, 9.17) is 14.0 Å². The first-order valence-corrected chi connectivity index (χ1v) is 7.55. The Morgan fingerprint density at radius 1 is 1.12 bits per heavy atom. The number of aryl methyl sites for hydroxylation is 1.